The number of para-hydroxylation sites is 1. The lowest BCUT2D eigenvalue weighted by atomic mass is 9.82. The fraction of sp³-hybridized carbons (Fsp3) is 0.400. The number of nitrogens with one attached hydrogen (secondary N) is 1. The highest BCUT2D eigenvalue weighted by atomic mass is 15.3. The van der Waals surface area contributed by atoms with E-state index in [4.69, 9.17) is 5.10 Å². The summed E-state index contributed by atoms with van der Waals surface area (Å²) in [5, 5.41) is 6.16. The van der Waals surface area contributed by atoms with E-state index in [0.717, 1.165) is 48.2 Å². The summed E-state index contributed by atoms with van der Waals surface area (Å²) >= 11 is 0. The Labute approximate surface area is 181 Å². The lowest BCUT2D eigenvalue weighted by Gasteiger charge is -2.29. The number of fused-ring (bicyclic) bond motifs is 3. The summed E-state index contributed by atoms with van der Waals surface area (Å²) in [4.78, 5) is 15.4. The van der Waals surface area contributed by atoms with Gasteiger partial charge in [-0.2, -0.15) is 5.10 Å². The maximum Gasteiger partial charge on any atom is 0.123 e. The maximum atomic E-state index is 4.99. The molecule has 0 radical (unpaired) electrons. The molecule has 1 saturated heterocycles. The molecular formula is C25H26N6. The largest absolute Gasteiger partial charge is 0.347 e. The van der Waals surface area contributed by atoms with Gasteiger partial charge in [0.25, 0.3) is 0 Å². The van der Waals surface area contributed by atoms with Crippen LogP contribution in [-0.4, -0.2) is 42.7 Å². The fourth-order valence-corrected chi connectivity index (χ4v) is 5.91. The number of aryl methyl sites for hydroxylation is 1. The number of H-pyrrole nitrogens is 1. The number of hydrogen-bond acceptors (Lipinski definition) is 4. The number of nitrogens with zero attached hydrogens (tertiary/aromatic N) is 5. The van der Waals surface area contributed by atoms with Crippen LogP contribution < -0.4 is 0 Å². The SMILES string of the molecule is c1ccc2ncc(-c3cc4n(n3)CCC43CCN(C(c4ncc[nH]4)C4CC4)C3)cc2c1. The summed E-state index contributed by atoms with van der Waals surface area (Å²) in [6, 6.07) is 13.3. The molecule has 2 aliphatic heterocycles. The molecule has 6 heteroatoms. The van der Waals surface area contributed by atoms with Crippen molar-refractivity contribution in [3.05, 3.63) is 66.5 Å². The van der Waals surface area contributed by atoms with Crippen molar-refractivity contribution in [3.63, 3.8) is 0 Å². The molecule has 1 saturated carbocycles. The van der Waals surface area contributed by atoms with Crippen molar-refractivity contribution in [2.75, 3.05) is 13.1 Å². The number of aromatic nitrogens is 5. The first-order valence-electron chi connectivity index (χ1n) is 11.5. The van der Waals surface area contributed by atoms with E-state index in [0.29, 0.717) is 6.04 Å². The van der Waals surface area contributed by atoms with Gasteiger partial charge in [0.15, 0.2) is 0 Å². The van der Waals surface area contributed by atoms with Gasteiger partial charge >= 0.3 is 0 Å². The van der Waals surface area contributed by atoms with Crippen molar-refractivity contribution in [2.24, 2.45) is 5.92 Å². The Balaban J connectivity index is 1.21. The molecule has 6 nitrogen and oxygen atoms in total. The van der Waals surface area contributed by atoms with Gasteiger partial charge in [-0.25, -0.2) is 4.98 Å². The predicted molar refractivity (Wildman–Crippen MR) is 120 cm³/mol. The summed E-state index contributed by atoms with van der Waals surface area (Å²) in [6.07, 6.45) is 10.9. The minimum atomic E-state index is 0.218. The highest BCUT2D eigenvalue weighted by Crippen LogP contribution is 2.50. The Hall–Kier alpha value is -2.99. The summed E-state index contributed by atoms with van der Waals surface area (Å²) in [5.41, 5.74) is 4.82. The van der Waals surface area contributed by atoms with Crippen molar-refractivity contribution in [1.82, 2.24) is 29.6 Å². The normalized spacial score (nSPS) is 24.3. The van der Waals surface area contributed by atoms with E-state index in [2.05, 4.69) is 54.9 Å². The molecule has 4 aromatic rings. The fourth-order valence-electron chi connectivity index (χ4n) is 5.91. The van der Waals surface area contributed by atoms with Gasteiger partial charge in [0.05, 0.1) is 17.3 Å². The zero-order valence-corrected chi connectivity index (χ0v) is 17.5. The van der Waals surface area contributed by atoms with Crippen LogP contribution in [0.25, 0.3) is 22.2 Å². The van der Waals surface area contributed by atoms with Gasteiger partial charge in [0, 0.05) is 53.7 Å². The zero-order chi connectivity index (χ0) is 20.4. The van der Waals surface area contributed by atoms with Crippen LogP contribution in [0.3, 0.4) is 0 Å². The van der Waals surface area contributed by atoms with Crippen LogP contribution in [0.4, 0.5) is 0 Å². The third-order valence-corrected chi connectivity index (χ3v) is 7.66. The number of pyridine rings is 1. The lowest BCUT2D eigenvalue weighted by Crippen LogP contribution is -2.33. The second-order valence-electron chi connectivity index (χ2n) is 9.56. The highest BCUT2D eigenvalue weighted by molar-refractivity contribution is 5.82. The Bertz CT molecular complexity index is 1250. The third kappa shape index (κ3) is 2.78. The summed E-state index contributed by atoms with van der Waals surface area (Å²) in [6.45, 7) is 3.26. The first kappa shape index (κ1) is 17.7. The van der Waals surface area contributed by atoms with Crippen molar-refractivity contribution in [1.29, 1.82) is 0 Å². The van der Waals surface area contributed by atoms with Crippen LogP contribution in [0.1, 0.15) is 43.2 Å². The highest BCUT2D eigenvalue weighted by Gasteiger charge is 2.49. The van der Waals surface area contributed by atoms with Gasteiger partial charge < -0.3 is 4.98 Å². The summed E-state index contributed by atoms with van der Waals surface area (Å²) < 4.78 is 2.26. The molecule has 2 fully saturated rings. The summed E-state index contributed by atoms with van der Waals surface area (Å²) in [5.74, 6) is 1.90. The summed E-state index contributed by atoms with van der Waals surface area (Å²) in [7, 11) is 0. The van der Waals surface area contributed by atoms with E-state index in [1.807, 2.05) is 24.7 Å². The van der Waals surface area contributed by atoms with E-state index < -0.39 is 0 Å². The second-order valence-corrected chi connectivity index (χ2v) is 9.56. The van der Waals surface area contributed by atoms with E-state index >= 15 is 0 Å². The molecule has 1 spiro atoms. The molecular weight excluding hydrogens is 384 g/mol. The Kier molecular flexibility index (Phi) is 3.71. The molecule has 1 aromatic carbocycles. The maximum absolute atomic E-state index is 4.99. The van der Waals surface area contributed by atoms with Gasteiger partial charge in [-0.1, -0.05) is 18.2 Å². The number of imidazole rings is 1. The average molecular weight is 411 g/mol. The quantitative estimate of drug-likeness (QED) is 0.544. The van der Waals surface area contributed by atoms with E-state index in [1.54, 1.807) is 0 Å². The van der Waals surface area contributed by atoms with Crippen molar-refractivity contribution in [3.8, 4) is 11.3 Å². The van der Waals surface area contributed by atoms with Gasteiger partial charge in [-0.15, -0.1) is 0 Å². The molecule has 2 unspecified atom stereocenters. The molecule has 1 aliphatic carbocycles. The molecule has 0 amide bonds. The van der Waals surface area contributed by atoms with Gasteiger partial charge in [-0.05, 0) is 56.3 Å². The first-order valence-corrected chi connectivity index (χ1v) is 11.5. The number of rotatable bonds is 4. The molecule has 156 valence electrons. The molecule has 3 aromatic heterocycles. The van der Waals surface area contributed by atoms with Crippen LogP contribution in [0, 0.1) is 5.92 Å². The van der Waals surface area contributed by atoms with E-state index in [1.165, 1.54) is 36.8 Å². The van der Waals surface area contributed by atoms with Crippen LogP contribution in [0.15, 0.2) is 55.0 Å². The van der Waals surface area contributed by atoms with Gasteiger partial charge in [0.1, 0.15) is 5.82 Å². The molecule has 31 heavy (non-hydrogen) atoms. The van der Waals surface area contributed by atoms with Crippen molar-refractivity contribution >= 4 is 10.9 Å². The Morgan fingerprint density at radius 3 is 2.84 bits per heavy atom. The molecule has 0 bridgehead atoms. The second kappa shape index (κ2) is 6.50. The Morgan fingerprint density at radius 2 is 1.97 bits per heavy atom. The van der Waals surface area contributed by atoms with E-state index in [-0.39, 0.29) is 5.41 Å². The number of likely N-dealkylation sites (tertiary alicyclic amines) is 1. The first-order chi connectivity index (χ1) is 15.3. The molecule has 3 aliphatic rings. The smallest absolute Gasteiger partial charge is 0.123 e. The molecule has 1 N–H and O–H groups in total. The lowest BCUT2D eigenvalue weighted by molar-refractivity contribution is 0.198. The standard InChI is InChI=1S/C25H26N6/c1-2-4-20-18(3-1)13-19(15-28-20)21-14-22-25(8-12-31(22)29-21)7-11-30(16-25)23(17-5-6-17)24-26-9-10-27-24/h1-4,9-10,13-15,17,23H,5-8,11-12,16H2,(H,26,27). The average Bonchev–Trinajstić information content (AvgIpc) is 3.20. The van der Waals surface area contributed by atoms with Crippen LogP contribution >= 0.6 is 0 Å². The predicted octanol–water partition coefficient (Wildman–Crippen LogP) is 4.32. The third-order valence-electron chi connectivity index (χ3n) is 7.66. The van der Waals surface area contributed by atoms with Crippen molar-refractivity contribution in [2.45, 2.75) is 43.7 Å². The van der Waals surface area contributed by atoms with Gasteiger partial charge in [0.2, 0.25) is 0 Å². The monoisotopic (exact) mass is 410 g/mol. The van der Waals surface area contributed by atoms with Crippen LogP contribution in [-0.2, 0) is 12.0 Å². The van der Waals surface area contributed by atoms with Crippen LogP contribution in [0.5, 0.6) is 0 Å². The number of aromatic amines is 1. The number of benzene rings is 1. The van der Waals surface area contributed by atoms with Crippen LogP contribution in [0.2, 0.25) is 0 Å². The van der Waals surface area contributed by atoms with E-state index in [9.17, 15) is 0 Å². The topological polar surface area (TPSA) is 62.6 Å². The minimum absolute atomic E-state index is 0.218. The Morgan fingerprint density at radius 1 is 1.06 bits per heavy atom. The zero-order valence-electron chi connectivity index (χ0n) is 17.5. The molecule has 7 rings (SSSR count). The number of hydrogen-bond donors (Lipinski definition) is 1. The minimum Gasteiger partial charge on any atom is -0.347 e. The molecule has 5 heterocycles. The van der Waals surface area contributed by atoms with Gasteiger partial charge in [-0.3, -0.25) is 14.6 Å². The molecule has 2 atom stereocenters. The van der Waals surface area contributed by atoms with Crippen molar-refractivity contribution < 1.29 is 0 Å².